The van der Waals surface area contributed by atoms with E-state index in [1.807, 2.05) is 6.07 Å². The maximum atomic E-state index is 12.3. The van der Waals surface area contributed by atoms with Gasteiger partial charge in [0.15, 0.2) is 5.69 Å². The molecule has 1 saturated heterocycles. The maximum absolute atomic E-state index is 12.3. The highest BCUT2D eigenvalue weighted by Crippen LogP contribution is 2.31. The first kappa shape index (κ1) is 20.2. The van der Waals surface area contributed by atoms with Gasteiger partial charge in [-0.15, -0.1) is 23.4 Å². The third-order valence-electron chi connectivity index (χ3n) is 4.35. The molecule has 28 heavy (non-hydrogen) atoms. The smallest absolute Gasteiger partial charge is 0.404 e. The van der Waals surface area contributed by atoms with Crippen molar-refractivity contribution >= 4 is 17.4 Å². The summed E-state index contributed by atoms with van der Waals surface area (Å²) < 4.78 is 40.8. The van der Waals surface area contributed by atoms with Crippen molar-refractivity contribution in [2.45, 2.75) is 31.8 Å². The number of nitrogens with one attached hydrogen (secondary N) is 1. The molecule has 0 spiro atoms. The maximum Gasteiger partial charge on any atom is 0.573 e. The summed E-state index contributed by atoms with van der Waals surface area (Å²) >= 11 is 5.90. The normalized spacial score (nSPS) is 15.8. The van der Waals surface area contributed by atoms with Crippen LogP contribution in [0.1, 0.15) is 24.1 Å². The average molecular weight is 412 g/mol. The summed E-state index contributed by atoms with van der Waals surface area (Å²) in [4.78, 5) is 2.21. The minimum absolute atomic E-state index is 0.0641. The number of piperidine rings is 1. The predicted molar refractivity (Wildman–Crippen MR) is 96.8 cm³/mol. The summed E-state index contributed by atoms with van der Waals surface area (Å²) in [6.45, 7) is 2.23. The number of hydrogen-bond donors (Lipinski definition) is 1. The van der Waals surface area contributed by atoms with E-state index in [4.69, 9.17) is 16.9 Å². The molecule has 3 rings (SSSR count). The molecule has 1 aliphatic heterocycles. The van der Waals surface area contributed by atoms with Gasteiger partial charge in [0.05, 0.1) is 5.02 Å². The van der Waals surface area contributed by atoms with Crippen molar-refractivity contribution in [2.24, 2.45) is 0 Å². The number of ether oxygens (including phenoxy) is 1. The van der Waals surface area contributed by atoms with Crippen LogP contribution in [0, 0.1) is 11.3 Å². The number of anilines is 1. The van der Waals surface area contributed by atoms with Gasteiger partial charge in [-0.1, -0.05) is 17.7 Å². The molecule has 0 bridgehead atoms. The van der Waals surface area contributed by atoms with Gasteiger partial charge < -0.3 is 10.1 Å². The second-order valence-electron chi connectivity index (χ2n) is 6.42. The second kappa shape index (κ2) is 8.63. The number of hydrogen-bond acceptors (Lipinski definition) is 6. The van der Waals surface area contributed by atoms with Crippen LogP contribution in [0.3, 0.4) is 0 Å². The highest BCUT2D eigenvalue weighted by Gasteiger charge is 2.32. The quantitative estimate of drug-likeness (QED) is 0.802. The lowest BCUT2D eigenvalue weighted by atomic mass is 10.0. The van der Waals surface area contributed by atoms with E-state index in [9.17, 15) is 13.2 Å². The molecule has 2 aromatic rings. The Labute approximate surface area is 164 Å². The van der Waals surface area contributed by atoms with Crippen molar-refractivity contribution in [1.82, 2.24) is 15.1 Å². The molecule has 1 fully saturated rings. The molecule has 1 aromatic heterocycles. The first-order chi connectivity index (χ1) is 13.3. The standard InChI is InChI=1S/C18H17ClF3N5O/c19-15-9-12(1-3-16(15)28-18(20,21)22)11-27-7-5-13(6-8-27)24-17-4-2-14(10-23)25-26-17/h1-4,9,13H,5-8,11H2,(H,24,26). The largest absolute Gasteiger partial charge is 0.573 e. The van der Waals surface area contributed by atoms with Gasteiger partial charge in [-0.3, -0.25) is 4.90 Å². The Kier molecular flexibility index (Phi) is 6.21. The zero-order chi connectivity index (χ0) is 20.1. The Morgan fingerprint density at radius 3 is 2.54 bits per heavy atom. The van der Waals surface area contributed by atoms with Gasteiger partial charge in [0, 0.05) is 25.7 Å². The molecule has 6 nitrogen and oxygen atoms in total. The number of likely N-dealkylation sites (tertiary alicyclic amines) is 1. The van der Waals surface area contributed by atoms with Crippen molar-refractivity contribution in [2.75, 3.05) is 18.4 Å². The van der Waals surface area contributed by atoms with Gasteiger partial charge in [-0.2, -0.15) is 5.26 Å². The summed E-state index contributed by atoms with van der Waals surface area (Å²) in [5, 5.41) is 19.7. The van der Waals surface area contributed by atoms with E-state index in [1.165, 1.54) is 12.1 Å². The van der Waals surface area contributed by atoms with Crippen molar-refractivity contribution in [1.29, 1.82) is 5.26 Å². The van der Waals surface area contributed by atoms with E-state index >= 15 is 0 Å². The van der Waals surface area contributed by atoms with E-state index in [1.54, 1.807) is 18.2 Å². The van der Waals surface area contributed by atoms with E-state index in [-0.39, 0.29) is 16.8 Å². The lowest BCUT2D eigenvalue weighted by molar-refractivity contribution is -0.274. The number of aromatic nitrogens is 2. The molecule has 148 valence electrons. The topological polar surface area (TPSA) is 74.1 Å². The number of rotatable bonds is 5. The summed E-state index contributed by atoms with van der Waals surface area (Å²) in [5.41, 5.74) is 1.09. The van der Waals surface area contributed by atoms with Gasteiger partial charge in [0.2, 0.25) is 0 Å². The fourth-order valence-corrected chi connectivity index (χ4v) is 3.26. The van der Waals surface area contributed by atoms with Gasteiger partial charge in [0.1, 0.15) is 17.6 Å². The Balaban J connectivity index is 1.50. The molecule has 2 heterocycles. The molecule has 10 heteroatoms. The molecule has 1 aromatic carbocycles. The molecular weight excluding hydrogens is 395 g/mol. The second-order valence-corrected chi connectivity index (χ2v) is 6.83. The van der Waals surface area contributed by atoms with Crippen molar-refractivity contribution in [3.05, 3.63) is 46.6 Å². The van der Waals surface area contributed by atoms with E-state index in [0.717, 1.165) is 31.5 Å². The zero-order valence-electron chi connectivity index (χ0n) is 14.7. The first-order valence-corrected chi connectivity index (χ1v) is 8.97. The highest BCUT2D eigenvalue weighted by atomic mass is 35.5. The molecule has 1 N–H and O–H groups in total. The SMILES string of the molecule is N#Cc1ccc(NC2CCN(Cc3ccc(OC(F)(F)F)c(Cl)c3)CC2)nn1. The molecule has 1 aliphatic rings. The van der Waals surface area contributed by atoms with Crippen LogP contribution >= 0.6 is 11.6 Å². The van der Waals surface area contributed by atoms with E-state index in [0.29, 0.717) is 12.4 Å². The lowest BCUT2D eigenvalue weighted by Crippen LogP contribution is -2.38. The molecule has 0 radical (unpaired) electrons. The van der Waals surface area contributed by atoms with Crippen LogP contribution in [0.2, 0.25) is 5.02 Å². The number of alkyl halides is 3. The van der Waals surface area contributed by atoms with Crippen LogP contribution < -0.4 is 10.1 Å². The minimum atomic E-state index is -4.76. The molecule has 0 saturated carbocycles. The van der Waals surface area contributed by atoms with Crippen LogP contribution in [0.4, 0.5) is 19.0 Å². The Morgan fingerprint density at radius 1 is 1.21 bits per heavy atom. The highest BCUT2D eigenvalue weighted by molar-refractivity contribution is 6.32. The number of nitrogens with zero attached hydrogens (tertiary/aromatic N) is 4. The van der Waals surface area contributed by atoms with Crippen LogP contribution in [0.25, 0.3) is 0 Å². The van der Waals surface area contributed by atoms with Crippen molar-refractivity contribution in [3.8, 4) is 11.8 Å². The number of nitriles is 1. The minimum Gasteiger partial charge on any atom is -0.404 e. The van der Waals surface area contributed by atoms with Crippen molar-refractivity contribution in [3.63, 3.8) is 0 Å². The van der Waals surface area contributed by atoms with Crippen LogP contribution in [0.5, 0.6) is 5.75 Å². The molecule has 0 aliphatic carbocycles. The number of benzene rings is 1. The van der Waals surface area contributed by atoms with Crippen LogP contribution in [0.15, 0.2) is 30.3 Å². The third kappa shape index (κ3) is 5.71. The Bertz CT molecular complexity index is 846. The summed E-state index contributed by atoms with van der Waals surface area (Å²) in [5.74, 6) is 0.230. The molecule has 0 amide bonds. The van der Waals surface area contributed by atoms with Gasteiger partial charge >= 0.3 is 6.36 Å². The van der Waals surface area contributed by atoms with Crippen LogP contribution in [-0.2, 0) is 6.54 Å². The molecule has 0 unspecified atom stereocenters. The lowest BCUT2D eigenvalue weighted by Gasteiger charge is -2.32. The van der Waals surface area contributed by atoms with E-state index in [2.05, 4.69) is 25.2 Å². The Hall–Kier alpha value is -2.57. The van der Waals surface area contributed by atoms with Crippen molar-refractivity contribution < 1.29 is 17.9 Å². The predicted octanol–water partition coefficient (Wildman–Crippen LogP) is 3.98. The fraction of sp³-hybridized carbons (Fsp3) is 0.389. The Morgan fingerprint density at radius 2 is 1.96 bits per heavy atom. The van der Waals surface area contributed by atoms with Crippen LogP contribution in [-0.4, -0.2) is 40.6 Å². The zero-order valence-corrected chi connectivity index (χ0v) is 15.5. The summed E-state index contributed by atoms with van der Waals surface area (Å²) in [6.07, 6.45) is -3.01. The third-order valence-corrected chi connectivity index (χ3v) is 4.64. The molecular formula is C18H17ClF3N5O. The first-order valence-electron chi connectivity index (χ1n) is 8.59. The van der Waals surface area contributed by atoms with E-state index < -0.39 is 12.1 Å². The monoisotopic (exact) mass is 411 g/mol. The summed E-state index contributed by atoms with van der Waals surface area (Å²) in [6, 6.07) is 9.83. The van der Waals surface area contributed by atoms with Gasteiger partial charge in [-0.05, 0) is 42.7 Å². The van der Waals surface area contributed by atoms with Gasteiger partial charge in [0.25, 0.3) is 0 Å². The van der Waals surface area contributed by atoms with Gasteiger partial charge in [-0.25, -0.2) is 0 Å². The summed E-state index contributed by atoms with van der Waals surface area (Å²) in [7, 11) is 0. The average Bonchev–Trinajstić information content (AvgIpc) is 2.65. The molecule has 0 atom stereocenters. The fourth-order valence-electron chi connectivity index (χ4n) is 3.02. The number of halogens is 4.